The van der Waals surface area contributed by atoms with Crippen LogP contribution in [-0.2, 0) is 14.4 Å². The average molecular weight is 247 g/mol. The molecule has 5 nitrogen and oxygen atoms in total. The third-order valence-corrected chi connectivity index (χ3v) is 2.96. The van der Waals surface area contributed by atoms with Crippen LogP contribution in [0.1, 0.15) is 19.3 Å². The lowest BCUT2D eigenvalue weighted by Gasteiger charge is -2.29. The molecule has 0 aliphatic carbocycles. The van der Waals surface area contributed by atoms with E-state index in [-0.39, 0.29) is 18.7 Å². The average Bonchev–Trinajstić information content (AvgIpc) is 2.34. The van der Waals surface area contributed by atoms with Crippen LogP contribution in [0.4, 0.5) is 5.69 Å². The van der Waals surface area contributed by atoms with Crippen molar-refractivity contribution < 1.29 is 19.5 Å². The molecule has 0 radical (unpaired) electrons. The minimum Gasteiger partial charge on any atom is -0.481 e. The zero-order chi connectivity index (χ0) is 13.1. The van der Waals surface area contributed by atoms with E-state index in [1.165, 1.54) is 0 Å². The zero-order valence-corrected chi connectivity index (χ0v) is 9.70. The number of carboxylic acids is 1. The van der Waals surface area contributed by atoms with Gasteiger partial charge in [0.05, 0.1) is 12.1 Å². The van der Waals surface area contributed by atoms with Gasteiger partial charge >= 0.3 is 5.97 Å². The second-order valence-electron chi connectivity index (χ2n) is 4.24. The smallest absolute Gasteiger partial charge is 0.304 e. The largest absolute Gasteiger partial charge is 0.481 e. The Morgan fingerprint density at radius 3 is 2.56 bits per heavy atom. The highest BCUT2D eigenvalue weighted by molar-refractivity contribution is 6.17. The highest BCUT2D eigenvalue weighted by atomic mass is 16.4. The Bertz CT molecular complexity index is 483. The van der Waals surface area contributed by atoms with Crippen LogP contribution in [0.3, 0.4) is 0 Å². The van der Waals surface area contributed by atoms with Crippen LogP contribution < -0.4 is 4.90 Å². The van der Waals surface area contributed by atoms with Gasteiger partial charge in [-0.15, -0.1) is 0 Å². The molecule has 1 atom stereocenters. The minimum atomic E-state index is -1.02. The Hall–Kier alpha value is -2.17. The summed E-state index contributed by atoms with van der Waals surface area (Å²) < 4.78 is 0. The van der Waals surface area contributed by atoms with Gasteiger partial charge in [0.1, 0.15) is 0 Å². The first-order valence-electron chi connectivity index (χ1n) is 5.73. The van der Waals surface area contributed by atoms with Crippen molar-refractivity contribution in [2.24, 2.45) is 5.92 Å². The van der Waals surface area contributed by atoms with Crippen LogP contribution in [0.2, 0.25) is 0 Å². The van der Waals surface area contributed by atoms with Gasteiger partial charge in [-0.25, -0.2) is 0 Å². The Balaban J connectivity index is 2.25. The first-order valence-corrected chi connectivity index (χ1v) is 5.73. The summed E-state index contributed by atoms with van der Waals surface area (Å²) in [5.41, 5.74) is 0.502. The predicted octanol–water partition coefficient (Wildman–Crippen LogP) is 1.43. The van der Waals surface area contributed by atoms with E-state index in [4.69, 9.17) is 5.11 Å². The molecule has 0 aromatic heterocycles. The van der Waals surface area contributed by atoms with Crippen molar-refractivity contribution in [3.63, 3.8) is 0 Å². The summed E-state index contributed by atoms with van der Waals surface area (Å²) in [6.07, 6.45) is 0.293. The standard InChI is InChI=1S/C13H13NO4/c15-11-7-6-9(8-12(16)17)13(18)14(11)10-4-2-1-3-5-10/h1-5,9H,6-8H2,(H,16,17). The zero-order valence-electron chi connectivity index (χ0n) is 9.70. The third kappa shape index (κ3) is 2.40. The molecule has 1 aromatic rings. The molecular weight excluding hydrogens is 234 g/mol. The lowest BCUT2D eigenvalue weighted by molar-refractivity contribution is -0.143. The van der Waals surface area contributed by atoms with Gasteiger partial charge in [0.25, 0.3) is 0 Å². The number of para-hydroxylation sites is 1. The van der Waals surface area contributed by atoms with Gasteiger partial charge in [0.15, 0.2) is 0 Å². The van der Waals surface area contributed by atoms with Gasteiger partial charge < -0.3 is 5.11 Å². The fraction of sp³-hybridized carbons (Fsp3) is 0.308. The minimum absolute atomic E-state index is 0.207. The summed E-state index contributed by atoms with van der Waals surface area (Å²) >= 11 is 0. The molecule has 1 heterocycles. The number of hydrogen-bond acceptors (Lipinski definition) is 3. The van der Waals surface area contributed by atoms with Crippen molar-refractivity contribution in [2.45, 2.75) is 19.3 Å². The molecule has 94 valence electrons. The summed E-state index contributed by atoms with van der Waals surface area (Å²) in [5.74, 6) is -2.32. The molecule has 1 aliphatic rings. The van der Waals surface area contributed by atoms with Crippen molar-refractivity contribution >= 4 is 23.5 Å². The molecule has 2 rings (SSSR count). The van der Waals surface area contributed by atoms with E-state index in [0.717, 1.165) is 4.90 Å². The summed E-state index contributed by atoms with van der Waals surface area (Å²) in [5, 5.41) is 8.75. The molecule has 2 amide bonds. The number of imide groups is 1. The van der Waals surface area contributed by atoms with E-state index in [1.54, 1.807) is 30.3 Å². The molecule has 1 N–H and O–H groups in total. The molecule has 1 unspecified atom stereocenters. The van der Waals surface area contributed by atoms with Gasteiger partial charge in [0.2, 0.25) is 11.8 Å². The van der Waals surface area contributed by atoms with E-state index < -0.39 is 17.8 Å². The molecule has 0 saturated carbocycles. The van der Waals surface area contributed by atoms with Crippen LogP contribution >= 0.6 is 0 Å². The highest BCUT2D eigenvalue weighted by Gasteiger charge is 2.36. The fourth-order valence-electron chi connectivity index (χ4n) is 2.09. The van der Waals surface area contributed by atoms with E-state index in [1.807, 2.05) is 0 Å². The number of benzene rings is 1. The summed E-state index contributed by atoms with van der Waals surface area (Å²) in [6, 6.07) is 8.59. The van der Waals surface area contributed by atoms with E-state index >= 15 is 0 Å². The topological polar surface area (TPSA) is 74.7 Å². The summed E-state index contributed by atoms with van der Waals surface area (Å²) in [4.78, 5) is 35.7. The first kappa shape index (κ1) is 12.3. The maximum absolute atomic E-state index is 12.1. The van der Waals surface area contributed by atoms with E-state index in [0.29, 0.717) is 12.1 Å². The van der Waals surface area contributed by atoms with Crippen LogP contribution in [0.25, 0.3) is 0 Å². The maximum atomic E-state index is 12.1. The van der Waals surface area contributed by atoms with Gasteiger partial charge in [-0.1, -0.05) is 18.2 Å². The predicted molar refractivity (Wildman–Crippen MR) is 63.9 cm³/mol. The number of amides is 2. The number of nitrogens with zero attached hydrogens (tertiary/aromatic N) is 1. The number of carbonyl (C=O) groups excluding carboxylic acids is 2. The van der Waals surface area contributed by atoms with Crippen molar-refractivity contribution in [1.82, 2.24) is 0 Å². The number of rotatable bonds is 3. The number of carbonyl (C=O) groups is 3. The van der Waals surface area contributed by atoms with E-state index in [2.05, 4.69) is 0 Å². The van der Waals surface area contributed by atoms with Crippen LogP contribution in [0, 0.1) is 5.92 Å². The Kier molecular flexibility index (Phi) is 3.41. The Morgan fingerprint density at radius 2 is 1.94 bits per heavy atom. The van der Waals surface area contributed by atoms with E-state index in [9.17, 15) is 14.4 Å². The van der Waals surface area contributed by atoms with Gasteiger partial charge in [0, 0.05) is 12.3 Å². The molecule has 1 fully saturated rings. The molecular formula is C13H13NO4. The maximum Gasteiger partial charge on any atom is 0.304 e. The van der Waals surface area contributed by atoms with Gasteiger partial charge in [-0.05, 0) is 18.6 Å². The molecule has 1 aromatic carbocycles. The van der Waals surface area contributed by atoms with Crippen molar-refractivity contribution in [3.05, 3.63) is 30.3 Å². The van der Waals surface area contributed by atoms with Gasteiger partial charge in [-0.3, -0.25) is 19.3 Å². The number of piperidine rings is 1. The molecule has 18 heavy (non-hydrogen) atoms. The van der Waals surface area contributed by atoms with Crippen molar-refractivity contribution in [3.8, 4) is 0 Å². The van der Waals surface area contributed by atoms with Crippen LogP contribution in [0.15, 0.2) is 30.3 Å². The number of anilines is 1. The van der Waals surface area contributed by atoms with Gasteiger partial charge in [-0.2, -0.15) is 0 Å². The highest BCUT2D eigenvalue weighted by Crippen LogP contribution is 2.26. The summed E-state index contributed by atoms with van der Waals surface area (Å²) in [7, 11) is 0. The monoisotopic (exact) mass is 247 g/mol. The summed E-state index contributed by atoms with van der Waals surface area (Å²) in [6.45, 7) is 0. The lowest BCUT2D eigenvalue weighted by atomic mass is 9.93. The Morgan fingerprint density at radius 1 is 1.28 bits per heavy atom. The second kappa shape index (κ2) is 5.00. The first-order chi connectivity index (χ1) is 8.59. The second-order valence-corrected chi connectivity index (χ2v) is 4.24. The molecule has 0 spiro atoms. The molecule has 0 bridgehead atoms. The lowest BCUT2D eigenvalue weighted by Crippen LogP contribution is -2.45. The van der Waals surface area contributed by atoms with Crippen LogP contribution in [-0.4, -0.2) is 22.9 Å². The number of hydrogen-bond donors (Lipinski definition) is 1. The number of aliphatic carboxylic acids is 1. The normalized spacial score (nSPS) is 20.0. The third-order valence-electron chi connectivity index (χ3n) is 2.96. The Labute approximate surface area is 104 Å². The molecule has 1 saturated heterocycles. The molecule has 1 aliphatic heterocycles. The van der Waals surface area contributed by atoms with Crippen molar-refractivity contribution in [1.29, 1.82) is 0 Å². The fourth-order valence-corrected chi connectivity index (χ4v) is 2.09. The van der Waals surface area contributed by atoms with Crippen LogP contribution in [0.5, 0.6) is 0 Å². The SMILES string of the molecule is O=C(O)CC1CCC(=O)N(c2ccccc2)C1=O. The van der Waals surface area contributed by atoms with Crippen molar-refractivity contribution in [2.75, 3.05) is 4.90 Å². The quantitative estimate of drug-likeness (QED) is 0.820. The molecule has 5 heteroatoms. The number of carboxylic acid groups (broad SMARTS) is 1.